The Balaban J connectivity index is 1.64. The summed E-state index contributed by atoms with van der Waals surface area (Å²) in [5.41, 5.74) is 1.08. The maximum absolute atomic E-state index is 14.0. The molecule has 1 amide bonds. The van der Waals surface area contributed by atoms with Gasteiger partial charge in [-0.05, 0) is 54.5 Å². The normalized spacial score (nSPS) is 27.9. The van der Waals surface area contributed by atoms with E-state index in [4.69, 9.17) is 23.4 Å². The number of carbonyl (C=O) groups excluding carboxylic acids is 2. The number of ether oxygens (including phenoxy) is 4. The molecule has 0 bridgehead atoms. The minimum Gasteiger partial charge on any atom is -0.493 e. The Hall–Kier alpha value is -3.42. The standard InChI is InChI=1S/C27H31NO7/c1-14-9-18-19(10-15(14)2)35-26-22(24(18)29)23(28(27(26)30)13-17-7-6-8-34-17)16-11-20(31-3)25(33-5)21(12-16)32-4/h6-8,11-12,14-15,18-19,23H,9-10,13H2,1-5H3. The van der Waals surface area contributed by atoms with Gasteiger partial charge in [0, 0.05) is 0 Å². The monoisotopic (exact) mass is 481 g/mol. The highest BCUT2D eigenvalue weighted by molar-refractivity contribution is 6.11. The Morgan fingerprint density at radius 3 is 2.29 bits per heavy atom. The fraction of sp³-hybridized carbons (Fsp3) is 0.481. The molecule has 8 nitrogen and oxygen atoms in total. The molecule has 5 rings (SSSR count). The van der Waals surface area contributed by atoms with Crippen LogP contribution in [0, 0.1) is 17.8 Å². The summed E-state index contributed by atoms with van der Waals surface area (Å²) in [5.74, 6) is 2.35. The van der Waals surface area contributed by atoms with Crippen LogP contribution in [0.25, 0.3) is 0 Å². The van der Waals surface area contributed by atoms with Crippen molar-refractivity contribution in [2.75, 3.05) is 21.3 Å². The van der Waals surface area contributed by atoms with Crippen molar-refractivity contribution in [2.45, 2.75) is 45.4 Å². The van der Waals surface area contributed by atoms with Gasteiger partial charge >= 0.3 is 0 Å². The van der Waals surface area contributed by atoms with E-state index in [9.17, 15) is 9.59 Å². The maximum atomic E-state index is 14.0. The number of rotatable bonds is 6. The Bertz CT molecular complexity index is 1140. The predicted molar refractivity (Wildman–Crippen MR) is 126 cm³/mol. The van der Waals surface area contributed by atoms with E-state index in [-0.39, 0.29) is 36.0 Å². The van der Waals surface area contributed by atoms with Crippen molar-refractivity contribution in [1.29, 1.82) is 0 Å². The number of furan rings is 1. The fourth-order valence-electron chi connectivity index (χ4n) is 5.65. The molecule has 5 atom stereocenters. The molecular weight excluding hydrogens is 450 g/mol. The molecule has 1 aromatic carbocycles. The van der Waals surface area contributed by atoms with Gasteiger partial charge in [0.1, 0.15) is 11.9 Å². The van der Waals surface area contributed by atoms with E-state index < -0.39 is 6.04 Å². The maximum Gasteiger partial charge on any atom is 0.290 e. The lowest BCUT2D eigenvalue weighted by molar-refractivity contribution is -0.137. The first kappa shape index (κ1) is 23.3. The van der Waals surface area contributed by atoms with E-state index in [1.54, 1.807) is 29.4 Å². The summed E-state index contributed by atoms with van der Waals surface area (Å²) in [6.45, 7) is 4.55. The predicted octanol–water partition coefficient (Wildman–Crippen LogP) is 4.29. The molecule has 5 unspecified atom stereocenters. The van der Waals surface area contributed by atoms with Crippen LogP contribution in [0.2, 0.25) is 0 Å². The van der Waals surface area contributed by atoms with Gasteiger partial charge in [0.05, 0.1) is 51.7 Å². The highest BCUT2D eigenvalue weighted by Crippen LogP contribution is 2.51. The molecule has 2 aromatic rings. The van der Waals surface area contributed by atoms with Gasteiger partial charge in [-0.2, -0.15) is 0 Å². The number of amides is 1. The smallest absolute Gasteiger partial charge is 0.290 e. The molecule has 1 aliphatic carbocycles. The summed E-state index contributed by atoms with van der Waals surface area (Å²) in [5, 5.41) is 0. The lowest BCUT2D eigenvalue weighted by Gasteiger charge is -2.40. The second kappa shape index (κ2) is 8.98. The van der Waals surface area contributed by atoms with E-state index in [0.29, 0.717) is 46.0 Å². The molecule has 3 aliphatic rings. The highest BCUT2D eigenvalue weighted by atomic mass is 16.5. The van der Waals surface area contributed by atoms with Crippen molar-refractivity contribution >= 4 is 11.7 Å². The first-order valence-corrected chi connectivity index (χ1v) is 12.0. The third-order valence-corrected chi connectivity index (χ3v) is 7.72. The first-order valence-electron chi connectivity index (χ1n) is 12.0. The van der Waals surface area contributed by atoms with Gasteiger partial charge in [0.15, 0.2) is 23.0 Å². The van der Waals surface area contributed by atoms with Crippen LogP contribution in [0.4, 0.5) is 0 Å². The molecule has 1 fully saturated rings. The van der Waals surface area contributed by atoms with Crippen molar-refractivity contribution in [1.82, 2.24) is 4.90 Å². The quantitative estimate of drug-likeness (QED) is 0.608. The fourth-order valence-corrected chi connectivity index (χ4v) is 5.65. The average Bonchev–Trinajstić information content (AvgIpc) is 3.47. The summed E-state index contributed by atoms with van der Waals surface area (Å²) in [6, 6.07) is 6.49. The molecule has 1 aromatic heterocycles. The molecule has 8 heteroatoms. The Kier molecular flexibility index (Phi) is 5.99. The van der Waals surface area contributed by atoms with E-state index in [1.807, 2.05) is 6.07 Å². The molecule has 186 valence electrons. The highest BCUT2D eigenvalue weighted by Gasteiger charge is 2.53. The molecular formula is C27H31NO7. The van der Waals surface area contributed by atoms with E-state index in [2.05, 4.69) is 13.8 Å². The van der Waals surface area contributed by atoms with Gasteiger partial charge in [0.2, 0.25) is 5.75 Å². The summed E-state index contributed by atoms with van der Waals surface area (Å²) in [4.78, 5) is 29.3. The van der Waals surface area contributed by atoms with E-state index in [1.165, 1.54) is 21.3 Å². The zero-order valence-electron chi connectivity index (χ0n) is 20.7. The van der Waals surface area contributed by atoms with Crippen LogP contribution in [0.1, 0.15) is 44.1 Å². The van der Waals surface area contributed by atoms with Crippen molar-refractivity contribution in [3.8, 4) is 17.2 Å². The number of hydrogen-bond donors (Lipinski definition) is 0. The molecule has 0 saturated heterocycles. The molecule has 35 heavy (non-hydrogen) atoms. The SMILES string of the molecule is COc1cc(C2C3=C(OC4CC(C)C(C)CC4C3=O)C(=O)N2Cc2ccco2)cc(OC)c1OC. The van der Waals surface area contributed by atoms with Gasteiger partial charge in [-0.3, -0.25) is 9.59 Å². The van der Waals surface area contributed by atoms with Crippen molar-refractivity contribution in [3.63, 3.8) is 0 Å². The Morgan fingerprint density at radius 2 is 1.69 bits per heavy atom. The topological polar surface area (TPSA) is 87.4 Å². The molecule has 2 aliphatic heterocycles. The second-order valence-electron chi connectivity index (χ2n) is 9.67. The number of benzene rings is 1. The third-order valence-electron chi connectivity index (χ3n) is 7.72. The van der Waals surface area contributed by atoms with Crippen molar-refractivity contribution in [3.05, 3.63) is 53.2 Å². The largest absolute Gasteiger partial charge is 0.493 e. The van der Waals surface area contributed by atoms with Crippen LogP contribution >= 0.6 is 0 Å². The van der Waals surface area contributed by atoms with Gasteiger partial charge in [-0.1, -0.05) is 13.8 Å². The number of hydrogen-bond acceptors (Lipinski definition) is 7. The summed E-state index contributed by atoms with van der Waals surface area (Å²) < 4.78 is 28.5. The van der Waals surface area contributed by atoms with Crippen LogP contribution in [0.3, 0.4) is 0 Å². The van der Waals surface area contributed by atoms with Crippen LogP contribution < -0.4 is 14.2 Å². The number of carbonyl (C=O) groups is 2. The van der Waals surface area contributed by atoms with Gasteiger partial charge in [-0.25, -0.2) is 0 Å². The number of ketones is 1. The minimum atomic E-state index is -0.667. The van der Waals surface area contributed by atoms with Crippen molar-refractivity contribution < 1.29 is 33.0 Å². The first-order chi connectivity index (χ1) is 16.9. The Labute approximate surface area is 204 Å². The second-order valence-corrected chi connectivity index (χ2v) is 9.67. The lowest BCUT2D eigenvalue weighted by atomic mass is 9.70. The summed E-state index contributed by atoms with van der Waals surface area (Å²) >= 11 is 0. The summed E-state index contributed by atoms with van der Waals surface area (Å²) in [7, 11) is 4.61. The van der Waals surface area contributed by atoms with Gasteiger partial charge in [-0.15, -0.1) is 0 Å². The summed E-state index contributed by atoms with van der Waals surface area (Å²) in [6.07, 6.45) is 2.79. The zero-order valence-corrected chi connectivity index (χ0v) is 20.7. The molecule has 3 heterocycles. The minimum absolute atomic E-state index is 0.0101. The number of Topliss-reactive ketones (excluding diaryl/α,β-unsaturated/α-hetero) is 1. The Morgan fingerprint density at radius 1 is 1.00 bits per heavy atom. The number of fused-ring (bicyclic) bond motifs is 1. The van der Waals surface area contributed by atoms with Crippen LogP contribution in [0.15, 0.2) is 46.3 Å². The molecule has 0 spiro atoms. The van der Waals surface area contributed by atoms with Crippen LogP contribution in [-0.2, 0) is 20.9 Å². The van der Waals surface area contributed by atoms with Crippen molar-refractivity contribution in [2.24, 2.45) is 17.8 Å². The zero-order chi connectivity index (χ0) is 24.9. The van der Waals surface area contributed by atoms with Gasteiger partial charge < -0.3 is 28.3 Å². The van der Waals surface area contributed by atoms with Crippen LogP contribution in [0.5, 0.6) is 17.2 Å². The van der Waals surface area contributed by atoms with E-state index >= 15 is 0 Å². The third kappa shape index (κ3) is 3.75. The van der Waals surface area contributed by atoms with E-state index in [0.717, 1.165) is 12.8 Å². The lowest BCUT2D eigenvalue weighted by Crippen LogP contribution is -2.43. The average molecular weight is 482 g/mol. The van der Waals surface area contributed by atoms with Gasteiger partial charge in [0.25, 0.3) is 5.91 Å². The number of methoxy groups -OCH3 is 3. The van der Waals surface area contributed by atoms with Crippen LogP contribution in [-0.4, -0.2) is 44.0 Å². The number of nitrogens with zero attached hydrogens (tertiary/aromatic N) is 1. The molecule has 1 saturated carbocycles. The molecule has 0 N–H and O–H groups in total. The molecule has 0 radical (unpaired) electrons.